The minimum Gasteiger partial charge on any atom is -0.395 e. The lowest BCUT2D eigenvalue weighted by Crippen LogP contribution is -2.53. The van der Waals surface area contributed by atoms with E-state index in [9.17, 15) is 33.6 Å². The van der Waals surface area contributed by atoms with E-state index in [2.05, 4.69) is 15.3 Å². The molecule has 1 aromatic carbocycles. The van der Waals surface area contributed by atoms with E-state index < -0.39 is 69.3 Å². The Bertz CT molecular complexity index is 1300. The molecule has 39 heavy (non-hydrogen) atoms. The van der Waals surface area contributed by atoms with Gasteiger partial charge in [0.2, 0.25) is 0 Å². The van der Waals surface area contributed by atoms with Gasteiger partial charge in [-0.3, -0.25) is 4.98 Å². The Morgan fingerprint density at radius 1 is 1.18 bits per heavy atom. The molecule has 2 aromatic heterocycles. The first-order valence-electron chi connectivity index (χ1n) is 12.7. The predicted molar refractivity (Wildman–Crippen MR) is 138 cm³/mol. The van der Waals surface area contributed by atoms with Gasteiger partial charge in [0.25, 0.3) is 0 Å². The second-order valence-corrected chi connectivity index (χ2v) is 12.7. The van der Waals surface area contributed by atoms with Gasteiger partial charge in [-0.25, -0.2) is 28.7 Å². The van der Waals surface area contributed by atoms with Gasteiger partial charge in [-0.2, -0.15) is 0 Å². The molecule has 3 aromatic rings. The number of aromatic nitrogens is 4. The second-order valence-electron chi connectivity index (χ2n) is 10.2. The van der Waals surface area contributed by atoms with E-state index in [4.69, 9.17) is 4.74 Å². The first kappa shape index (κ1) is 28.0. The van der Waals surface area contributed by atoms with Gasteiger partial charge in [0.1, 0.15) is 11.7 Å². The average molecular weight is 569 g/mol. The SMILES string of the molecule is Cc1cccnc1C([SH]1C[C@H](O)[C@H](n2cc(-c3cc(F)c(F)c(F)c3)nn2)[C@@H](O)[C@H]1CO)C1(O)CCOCC1. The third-order valence-electron chi connectivity index (χ3n) is 7.75. The number of rotatable bonds is 6. The quantitative estimate of drug-likeness (QED) is 0.225. The summed E-state index contributed by atoms with van der Waals surface area (Å²) < 4.78 is 47.6. The van der Waals surface area contributed by atoms with E-state index in [0.29, 0.717) is 31.7 Å². The van der Waals surface area contributed by atoms with Crippen LogP contribution in [0.4, 0.5) is 13.2 Å². The third-order valence-corrected chi connectivity index (χ3v) is 11.3. The number of pyridine rings is 1. The van der Waals surface area contributed by atoms with Gasteiger partial charge in [0, 0.05) is 48.8 Å². The summed E-state index contributed by atoms with van der Waals surface area (Å²) in [5.74, 6) is -4.22. The highest BCUT2D eigenvalue weighted by molar-refractivity contribution is 8.18. The molecule has 9 nitrogen and oxygen atoms in total. The van der Waals surface area contributed by atoms with Crippen LogP contribution in [0.15, 0.2) is 36.7 Å². The number of aliphatic hydroxyl groups excluding tert-OH is 3. The van der Waals surface area contributed by atoms with Crippen LogP contribution in [0.5, 0.6) is 0 Å². The van der Waals surface area contributed by atoms with Crippen LogP contribution in [-0.4, -0.2) is 89.0 Å². The molecular weight excluding hydrogens is 537 g/mol. The van der Waals surface area contributed by atoms with Crippen LogP contribution in [0.3, 0.4) is 0 Å². The summed E-state index contributed by atoms with van der Waals surface area (Å²) in [7, 11) is -1.43. The summed E-state index contributed by atoms with van der Waals surface area (Å²) in [6.07, 6.45) is 1.18. The number of ether oxygens (including phenoxy) is 1. The van der Waals surface area contributed by atoms with Gasteiger partial charge in [0.15, 0.2) is 17.5 Å². The van der Waals surface area contributed by atoms with Crippen LogP contribution in [0.2, 0.25) is 0 Å². The van der Waals surface area contributed by atoms with Crippen LogP contribution >= 0.6 is 10.9 Å². The lowest BCUT2D eigenvalue weighted by Gasteiger charge is -2.52. The van der Waals surface area contributed by atoms with Crippen LogP contribution in [0.1, 0.15) is 35.4 Å². The summed E-state index contributed by atoms with van der Waals surface area (Å²) in [5, 5.41) is 51.8. The maximum Gasteiger partial charge on any atom is 0.194 e. The molecule has 212 valence electrons. The largest absolute Gasteiger partial charge is 0.395 e. The number of nitrogens with zero attached hydrogens (tertiary/aromatic N) is 4. The number of aryl methyl sites for hydroxylation is 1. The Kier molecular flexibility index (Phi) is 8.00. The molecule has 2 unspecified atom stereocenters. The maximum absolute atomic E-state index is 13.8. The number of aliphatic hydroxyl groups is 4. The first-order valence-corrected chi connectivity index (χ1v) is 14.3. The van der Waals surface area contributed by atoms with Gasteiger partial charge in [0.05, 0.1) is 41.6 Å². The van der Waals surface area contributed by atoms with Gasteiger partial charge < -0.3 is 25.2 Å². The van der Waals surface area contributed by atoms with E-state index in [1.807, 2.05) is 13.0 Å². The number of halogens is 3. The molecule has 0 spiro atoms. The molecule has 4 N–H and O–H groups in total. The fraction of sp³-hybridized carbons (Fsp3) is 0.500. The van der Waals surface area contributed by atoms with Gasteiger partial charge in [-0.15, -0.1) is 5.10 Å². The normalized spacial score (nSPS) is 28.8. The van der Waals surface area contributed by atoms with Crippen molar-refractivity contribution in [3.05, 3.63) is 65.4 Å². The molecule has 0 aliphatic carbocycles. The highest BCUT2D eigenvalue weighted by Crippen LogP contribution is 2.59. The topological polar surface area (TPSA) is 134 Å². The molecule has 5 rings (SSSR count). The van der Waals surface area contributed by atoms with E-state index in [0.717, 1.165) is 17.7 Å². The Balaban J connectivity index is 1.49. The Morgan fingerprint density at radius 2 is 1.87 bits per heavy atom. The molecule has 0 radical (unpaired) electrons. The van der Waals surface area contributed by atoms with Crippen LogP contribution < -0.4 is 0 Å². The molecule has 0 saturated carbocycles. The zero-order valence-corrected chi connectivity index (χ0v) is 22.1. The van der Waals surface area contributed by atoms with Gasteiger partial charge in [-0.05, 0) is 30.7 Å². The smallest absolute Gasteiger partial charge is 0.194 e. The van der Waals surface area contributed by atoms with Crippen molar-refractivity contribution in [1.29, 1.82) is 0 Å². The van der Waals surface area contributed by atoms with Crippen LogP contribution in [0, 0.1) is 24.4 Å². The number of thiol groups is 1. The molecule has 6 atom stereocenters. The fourth-order valence-corrected chi connectivity index (χ4v) is 9.47. The van der Waals surface area contributed by atoms with Crippen molar-refractivity contribution in [1.82, 2.24) is 20.0 Å². The van der Waals surface area contributed by atoms with E-state index in [1.54, 1.807) is 12.3 Å². The minimum atomic E-state index is -1.60. The Hall–Kier alpha value is -2.55. The lowest BCUT2D eigenvalue weighted by atomic mass is 9.87. The Morgan fingerprint density at radius 3 is 2.51 bits per heavy atom. The summed E-state index contributed by atoms with van der Waals surface area (Å²) in [5.41, 5.74) is 0.255. The summed E-state index contributed by atoms with van der Waals surface area (Å²) in [4.78, 5) is 4.58. The zero-order valence-electron chi connectivity index (χ0n) is 21.2. The molecular formula is C26H31F3N4O5S. The molecule has 13 heteroatoms. The summed E-state index contributed by atoms with van der Waals surface area (Å²) >= 11 is 0. The predicted octanol–water partition coefficient (Wildman–Crippen LogP) is 1.99. The van der Waals surface area contributed by atoms with E-state index >= 15 is 0 Å². The average Bonchev–Trinajstić information content (AvgIpc) is 3.38. The van der Waals surface area contributed by atoms with Crippen LogP contribution in [0.25, 0.3) is 11.3 Å². The van der Waals surface area contributed by atoms with Crippen molar-refractivity contribution in [2.45, 2.75) is 54.1 Å². The molecule has 0 bridgehead atoms. The highest BCUT2D eigenvalue weighted by Gasteiger charge is 2.52. The monoisotopic (exact) mass is 568 g/mol. The maximum atomic E-state index is 13.8. The van der Waals surface area contributed by atoms with E-state index in [1.165, 1.54) is 10.9 Å². The van der Waals surface area contributed by atoms with E-state index in [-0.39, 0.29) is 17.0 Å². The lowest BCUT2D eigenvalue weighted by molar-refractivity contribution is -0.0664. The first-order chi connectivity index (χ1) is 18.6. The highest BCUT2D eigenvalue weighted by atomic mass is 32.2. The number of hydrogen-bond acceptors (Lipinski definition) is 8. The van der Waals surface area contributed by atoms with Crippen molar-refractivity contribution in [3.8, 4) is 11.3 Å². The van der Waals surface area contributed by atoms with Crippen molar-refractivity contribution in [2.75, 3.05) is 25.6 Å². The van der Waals surface area contributed by atoms with Crippen molar-refractivity contribution in [2.24, 2.45) is 0 Å². The summed E-state index contributed by atoms with van der Waals surface area (Å²) in [6, 6.07) is 4.21. The number of benzene rings is 1. The Labute approximate surface area is 225 Å². The standard InChI is InChI=1S/C26H31F3N4O5S/c1-14-3-2-6-30-22(14)25(26(37)4-7-38-8-5-26)39-13-19(35)23(24(36)20(39)12-34)33-11-18(31-32-33)15-9-16(27)21(29)17(28)10-15/h2-3,6,9-11,19-20,23-25,34-37,39H,4-5,7-8,12-13H2,1H3/t19-,20+,23-,24-,25?/m0/s1. The molecule has 2 aliphatic heterocycles. The van der Waals surface area contributed by atoms with Crippen LogP contribution in [-0.2, 0) is 4.74 Å². The molecule has 4 heterocycles. The van der Waals surface area contributed by atoms with Gasteiger partial charge >= 0.3 is 0 Å². The number of hydrogen-bond donors (Lipinski definition) is 5. The molecule has 2 aliphatic rings. The molecule has 2 fully saturated rings. The summed E-state index contributed by atoms with van der Waals surface area (Å²) in [6.45, 7) is 2.18. The van der Waals surface area contributed by atoms with Gasteiger partial charge in [-0.1, -0.05) is 11.3 Å². The van der Waals surface area contributed by atoms with Crippen molar-refractivity contribution in [3.63, 3.8) is 0 Å². The molecule has 2 saturated heterocycles. The molecule has 0 amide bonds. The third kappa shape index (κ3) is 5.19. The zero-order chi connectivity index (χ0) is 27.9. The minimum absolute atomic E-state index is 0.0130. The van der Waals surface area contributed by atoms with Crippen molar-refractivity contribution < 1.29 is 38.3 Å². The van der Waals surface area contributed by atoms with Crippen molar-refractivity contribution >= 4 is 10.9 Å². The second kappa shape index (κ2) is 11.1. The fourth-order valence-electron chi connectivity index (χ4n) is 5.71.